The fourth-order valence-electron chi connectivity index (χ4n) is 1.84. The van der Waals surface area contributed by atoms with Crippen LogP contribution in [0.15, 0.2) is 30.3 Å². The monoisotopic (exact) mass is 238 g/mol. The van der Waals surface area contributed by atoms with Crippen molar-refractivity contribution in [2.75, 3.05) is 6.61 Å². The quantitative estimate of drug-likeness (QED) is 0.717. The van der Waals surface area contributed by atoms with E-state index in [0.717, 1.165) is 5.56 Å². The van der Waals surface area contributed by atoms with Crippen LogP contribution in [0.1, 0.15) is 12.5 Å². The van der Waals surface area contributed by atoms with Gasteiger partial charge in [-0.3, -0.25) is 0 Å². The SMILES string of the molecule is CC1OC1C(OCc1ccccc1)C(O)CO. The molecule has 4 nitrogen and oxygen atoms in total. The van der Waals surface area contributed by atoms with E-state index in [2.05, 4.69) is 0 Å². The first-order chi connectivity index (χ1) is 8.22. The summed E-state index contributed by atoms with van der Waals surface area (Å²) in [5.74, 6) is 0. The number of hydrogen-bond acceptors (Lipinski definition) is 4. The predicted molar refractivity (Wildman–Crippen MR) is 62.4 cm³/mol. The molecule has 1 saturated heterocycles. The fraction of sp³-hybridized carbons (Fsp3) is 0.538. The van der Waals surface area contributed by atoms with Crippen LogP contribution in [0.5, 0.6) is 0 Å². The molecule has 1 fully saturated rings. The average Bonchev–Trinajstić information content (AvgIpc) is 3.07. The van der Waals surface area contributed by atoms with Gasteiger partial charge in [-0.2, -0.15) is 0 Å². The lowest BCUT2D eigenvalue weighted by molar-refractivity contribution is -0.0759. The standard InChI is InChI=1S/C13H18O4/c1-9-12(17-9)13(11(15)7-14)16-8-10-5-3-2-4-6-10/h2-6,9,11-15H,7-8H2,1H3. The van der Waals surface area contributed by atoms with E-state index in [0.29, 0.717) is 6.61 Å². The van der Waals surface area contributed by atoms with Crippen molar-refractivity contribution in [2.45, 2.75) is 37.9 Å². The Bertz CT molecular complexity index is 337. The number of epoxide rings is 1. The number of ether oxygens (including phenoxy) is 2. The Morgan fingerprint density at radius 3 is 2.53 bits per heavy atom. The smallest absolute Gasteiger partial charge is 0.115 e. The molecular formula is C13H18O4. The zero-order valence-corrected chi connectivity index (χ0v) is 9.82. The molecule has 1 aliphatic rings. The second-order valence-electron chi connectivity index (χ2n) is 4.32. The summed E-state index contributed by atoms with van der Waals surface area (Å²) >= 11 is 0. The molecule has 2 N–H and O–H groups in total. The summed E-state index contributed by atoms with van der Waals surface area (Å²) in [5.41, 5.74) is 1.04. The van der Waals surface area contributed by atoms with E-state index in [9.17, 15) is 5.11 Å². The maximum absolute atomic E-state index is 9.67. The van der Waals surface area contributed by atoms with Crippen LogP contribution in [0.3, 0.4) is 0 Å². The molecular weight excluding hydrogens is 220 g/mol. The van der Waals surface area contributed by atoms with E-state index < -0.39 is 12.2 Å². The van der Waals surface area contributed by atoms with Gasteiger partial charge in [0.2, 0.25) is 0 Å². The van der Waals surface area contributed by atoms with Gasteiger partial charge in [0.1, 0.15) is 18.3 Å². The van der Waals surface area contributed by atoms with Gasteiger partial charge < -0.3 is 19.7 Å². The molecule has 4 unspecified atom stereocenters. The highest BCUT2D eigenvalue weighted by atomic mass is 16.6. The summed E-state index contributed by atoms with van der Waals surface area (Å²) < 4.78 is 10.9. The van der Waals surface area contributed by atoms with Gasteiger partial charge >= 0.3 is 0 Å². The zero-order valence-electron chi connectivity index (χ0n) is 9.82. The van der Waals surface area contributed by atoms with E-state index in [4.69, 9.17) is 14.6 Å². The maximum Gasteiger partial charge on any atom is 0.115 e. The third-order valence-corrected chi connectivity index (χ3v) is 2.93. The molecule has 17 heavy (non-hydrogen) atoms. The van der Waals surface area contributed by atoms with Gasteiger partial charge in [0, 0.05) is 0 Å². The molecule has 0 amide bonds. The first-order valence-corrected chi connectivity index (χ1v) is 5.82. The minimum atomic E-state index is -0.895. The average molecular weight is 238 g/mol. The zero-order chi connectivity index (χ0) is 12.3. The minimum Gasteiger partial charge on any atom is -0.394 e. The number of hydrogen-bond donors (Lipinski definition) is 2. The van der Waals surface area contributed by atoms with Crippen molar-refractivity contribution in [2.24, 2.45) is 0 Å². The van der Waals surface area contributed by atoms with Crippen molar-refractivity contribution < 1.29 is 19.7 Å². The van der Waals surface area contributed by atoms with Crippen LogP contribution in [0.25, 0.3) is 0 Å². The Labute approximate surface area is 101 Å². The molecule has 0 aliphatic carbocycles. The van der Waals surface area contributed by atoms with E-state index in [1.165, 1.54) is 0 Å². The molecule has 0 radical (unpaired) electrons. The lowest BCUT2D eigenvalue weighted by Crippen LogP contribution is -2.37. The summed E-state index contributed by atoms with van der Waals surface area (Å²) in [6.07, 6.45) is -1.37. The van der Waals surface area contributed by atoms with Crippen LogP contribution in [0.2, 0.25) is 0 Å². The molecule has 0 aromatic heterocycles. The highest BCUT2D eigenvalue weighted by Gasteiger charge is 2.45. The lowest BCUT2D eigenvalue weighted by Gasteiger charge is -2.20. The first kappa shape index (κ1) is 12.5. The van der Waals surface area contributed by atoms with Crippen molar-refractivity contribution in [3.8, 4) is 0 Å². The van der Waals surface area contributed by atoms with Gasteiger partial charge in [0.05, 0.1) is 19.3 Å². The Hall–Kier alpha value is -0.940. The second-order valence-corrected chi connectivity index (χ2v) is 4.32. The minimum absolute atomic E-state index is 0.0944. The van der Waals surface area contributed by atoms with Crippen LogP contribution in [-0.2, 0) is 16.1 Å². The van der Waals surface area contributed by atoms with Crippen LogP contribution in [-0.4, -0.2) is 41.2 Å². The summed E-state index contributed by atoms with van der Waals surface area (Å²) in [6, 6.07) is 9.73. The van der Waals surface area contributed by atoms with Crippen LogP contribution < -0.4 is 0 Å². The van der Waals surface area contributed by atoms with Gasteiger partial charge in [-0.25, -0.2) is 0 Å². The first-order valence-electron chi connectivity index (χ1n) is 5.82. The maximum atomic E-state index is 9.67. The third-order valence-electron chi connectivity index (χ3n) is 2.93. The van der Waals surface area contributed by atoms with Gasteiger partial charge in [-0.1, -0.05) is 30.3 Å². The number of aliphatic hydroxyl groups is 2. The third kappa shape index (κ3) is 3.26. The van der Waals surface area contributed by atoms with Gasteiger partial charge in [-0.05, 0) is 12.5 Å². The molecule has 2 rings (SSSR count). The normalized spacial score (nSPS) is 26.5. The molecule has 1 aliphatic heterocycles. The number of aliphatic hydroxyl groups excluding tert-OH is 2. The Kier molecular flexibility index (Phi) is 4.12. The van der Waals surface area contributed by atoms with Crippen LogP contribution in [0.4, 0.5) is 0 Å². The van der Waals surface area contributed by atoms with Crippen molar-refractivity contribution >= 4 is 0 Å². The highest BCUT2D eigenvalue weighted by Crippen LogP contribution is 2.29. The second kappa shape index (κ2) is 5.60. The number of rotatable bonds is 6. The molecule has 1 heterocycles. The molecule has 0 spiro atoms. The molecule has 1 aromatic rings. The molecule has 4 heteroatoms. The molecule has 0 saturated carbocycles. The van der Waals surface area contributed by atoms with E-state index in [1.54, 1.807) is 0 Å². The van der Waals surface area contributed by atoms with Gasteiger partial charge in [0.25, 0.3) is 0 Å². The van der Waals surface area contributed by atoms with E-state index >= 15 is 0 Å². The van der Waals surface area contributed by atoms with E-state index in [-0.39, 0.29) is 18.8 Å². The van der Waals surface area contributed by atoms with Crippen molar-refractivity contribution in [1.82, 2.24) is 0 Å². The largest absolute Gasteiger partial charge is 0.394 e. The Morgan fingerprint density at radius 2 is 2.00 bits per heavy atom. The van der Waals surface area contributed by atoms with Crippen molar-refractivity contribution in [1.29, 1.82) is 0 Å². The summed E-state index contributed by atoms with van der Waals surface area (Å²) in [6.45, 7) is 2.02. The lowest BCUT2D eigenvalue weighted by atomic mass is 10.1. The predicted octanol–water partition coefficient (Wildman–Crippen LogP) is 0.712. The van der Waals surface area contributed by atoms with Crippen molar-refractivity contribution in [3.05, 3.63) is 35.9 Å². The molecule has 1 aromatic carbocycles. The van der Waals surface area contributed by atoms with Gasteiger partial charge in [-0.15, -0.1) is 0 Å². The van der Waals surface area contributed by atoms with Gasteiger partial charge in [0.15, 0.2) is 0 Å². The Morgan fingerprint density at radius 1 is 1.35 bits per heavy atom. The van der Waals surface area contributed by atoms with Crippen LogP contribution >= 0.6 is 0 Å². The highest BCUT2D eigenvalue weighted by molar-refractivity contribution is 5.13. The summed E-state index contributed by atoms with van der Waals surface area (Å²) in [7, 11) is 0. The number of benzene rings is 1. The molecule has 4 atom stereocenters. The fourth-order valence-corrected chi connectivity index (χ4v) is 1.84. The topological polar surface area (TPSA) is 62.2 Å². The molecule has 0 bridgehead atoms. The summed E-state index contributed by atoms with van der Waals surface area (Å²) in [4.78, 5) is 0. The van der Waals surface area contributed by atoms with Crippen LogP contribution in [0, 0.1) is 0 Å². The van der Waals surface area contributed by atoms with Crippen molar-refractivity contribution in [3.63, 3.8) is 0 Å². The summed E-state index contributed by atoms with van der Waals surface area (Å²) in [5, 5.41) is 18.6. The Balaban J connectivity index is 1.90. The van der Waals surface area contributed by atoms with E-state index in [1.807, 2.05) is 37.3 Å². The molecule has 94 valence electrons.